The molecule has 0 heterocycles. The third kappa shape index (κ3) is 7.85. The molecule has 3 heteroatoms. The number of hydrogen-bond donors (Lipinski definition) is 1. The van der Waals surface area contributed by atoms with Crippen LogP contribution in [0.1, 0.15) is 6.92 Å². The van der Waals surface area contributed by atoms with Crippen LogP contribution in [0.15, 0.2) is 11.6 Å². The van der Waals surface area contributed by atoms with Crippen molar-refractivity contribution >= 4 is 11.6 Å². The minimum absolute atomic E-state index is 0.559. The molecule has 2 nitrogen and oxygen atoms in total. The summed E-state index contributed by atoms with van der Waals surface area (Å²) in [5, 5.41) is 3.22. The maximum atomic E-state index is 5.33. The topological polar surface area (TPSA) is 21.3 Å². The normalized spacial score (nSPS) is 14.1. The molecular formula is C8H16ClNO. The highest BCUT2D eigenvalue weighted by Crippen LogP contribution is 1.91. The second kappa shape index (κ2) is 8.05. The van der Waals surface area contributed by atoms with E-state index in [2.05, 4.69) is 12.2 Å². The van der Waals surface area contributed by atoms with E-state index >= 15 is 0 Å². The summed E-state index contributed by atoms with van der Waals surface area (Å²) in [5.74, 6) is 0.559. The first-order chi connectivity index (χ1) is 5.31. The van der Waals surface area contributed by atoms with Crippen LogP contribution in [0.25, 0.3) is 0 Å². The number of nitrogens with one attached hydrogen (secondary N) is 1. The minimum atomic E-state index is 0.559. The average Bonchev–Trinajstić information content (AvgIpc) is 1.99. The highest BCUT2D eigenvalue weighted by atomic mass is 35.5. The highest BCUT2D eigenvalue weighted by molar-refractivity contribution is 6.25. The third-order valence-corrected chi connectivity index (χ3v) is 1.47. The lowest BCUT2D eigenvalue weighted by Crippen LogP contribution is -2.23. The van der Waals surface area contributed by atoms with Crippen molar-refractivity contribution in [3.63, 3.8) is 0 Å². The van der Waals surface area contributed by atoms with E-state index in [-0.39, 0.29) is 0 Å². The van der Waals surface area contributed by atoms with Crippen molar-refractivity contribution < 1.29 is 4.74 Å². The molecule has 11 heavy (non-hydrogen) atoms. The van der Waals surface area contributed by atoms with Gasteiger partial charge in [0.05, 0.1) is 0 Å². The van der Waals surface area contributed by atoms with E-state index in [1.165, 1.54) is 5.54 Å². The molecule has 0 radical (unpaired) electrons. The molecule has 66 valence electrons. The van der Waals surface area contributed by atoms with Gasteiger partial charge in [0.15, 0.2) is 0 Å². The predicted octanol–water partition coefficient (Wildman–Crippen LogP) is 1.61. The van der Waals surface area contributed by atoms with Gasteiger partial charge in [-0.2, -0.15) is 0 Å². The first-order valence-electron chi connectivity index (χ1n) is 3.76. The van der Waals surface area contributed by atoms with Gasteiger partial charge in [-0.1, -0.05) is 24.6 Å². The van der Waals surface area contributed by atoms with E-state index in [9.17, 15) is 0 Å². The molecule has 0 saturated heterocycles. The molecule has 0 bridgehead atoms. The Kier molecular flexibility index (Phi) is 8.01. The molecule has 0 spiro atoms. The maximum absolute atomic E-state index is 5.33. The number of halogens is 1. The molecule has 0 aliphatic rings. The summed E-state index contributed by atoms with van der Waals surface area (Å²) in [4.78, 5) is 0. The Morgan fingerprint density at radius 3 is 2.91 bits per heavy atom. The Hall–Kier alpha value is -0.0500. The largest absolute Gasteiger partial charge is 0.384 e. The second-order valence-corrected chi connectivity index (χ2v) is 2.83. The van der Waals surface area contributed by atoms with E-state index in [1.54, 1.807) is 7.11 Å². The molecule has 1 atom stereocenters. The monoisotopic (exact) mass is 177 g/mol. The Labute approximate surface area is 73.6 Å². The maximum Gasteiger partial charge on any atom is 0.0499 e. The van der Waals surface area contributed by atoms with Crippen LogP contribution >= 0.6 is 11.6 Å². The standard InChI is InChI=1S/C8H16ClNO/c1-8(7-11-2)6-10-5-3-4-9/h3-4,8,10H,5-7H2,1-2H3/b4-3+. The van der Waals surface area contributed by atoms with Gasteiger partial charge in [0, 0.05) is 32.3 Å². The summed E-state index contributed by atoms with van der Waals surface area (Å²) >= 11 is 5.33. The smallest absolute Gasteiger partial charge is 0.0499 e. The SMILES string of the molecule is COCC(C)CNC/C=C/Cl. The molecule has 0 rings (SSSR count). The Balaban J connectivity index is 3.10. The van der Waals surface area contributed by atoms with Gasteiger partial charge in [0.25, 0.3) is 0 Å². The van der Waals surface area contributed by atoms with Crippen LogP contribution in [-0.4, -0.2) is 26.8 Å². The van der Waals surface area contributed by atoms with Crippen molar-refractivity contribution in [1.29, 1.82) is 0 Å². The Bertz CT molecular complexity index is 106. The van der Waals surface area contributed by atoms with Crippen molar-refractivity contribution in [2.45, 2.75) is 6.92 Å². The lowest BCUT2D eigenvalue weighted by Gasteiger charge is -2.09. The van der Waals surface area contributed by atoms with Crippen molar-refractivity contribution in [3.05, 3.63) is 11.6 Å². The van der Waals surface area contributed by atoms with Crippen molar-refractivity contribution in [2.75, 3.05) is 26.8 Å². The summed E-state index contributed by atoms with van der Waals surface area (Å²) in [6.45, 7) is 4.74. The zero-order valence-corrected chi connectivity index (χ0v) is 7.90. The fourth-order valence-corrected chi connectivity index (χ4v) is 0.890. The van der Waals surface area contributed by atoms with Crippen molar-refractivity contribution in [2.24, 2.45) is 5.92 Å². The predicted molar refractivity (Wildman–Crippen MR) is 48.9 cm³/mol. The van der Waals surface area contributed by atoms with Gasteiger partial charge in [-0.05, 0) is 5.92 Å². The summed E-state index contributed by atoms with van der Waals surface area (Å²) in [5.41, 5.74) is 1.52. The van der Waals surface area contributed by atoms with Crippen LogP contribution in [0.3, 0.4) is 0 Å². The zero-order valence-electron chi connectivity index (χ0n) is 7.14. The van der Waals surface area contributed by atoms with Crippen LogP contribution < -0.4 is 5.32 Å². The van der Waals surface area contributed by atoms with Gasteiger partial charge >= 0.3 is 0 Å². The van der Waals surface area contributed by atoms with Crippen molar-refractivity contribution in [1.82, 2.24) is 5.32 Å². The number of hydrogen-bond acceptors (Lipinski definition) is 2. The molecule has 1 unspecified atom stereocenters. The van der Waals surface area contributed by atoms with Crippen LogP contribution in [0.2, 0.25) is 0 Å². The second-order valence-electron chi connectivity index (χ2n) is 2.58. The number of methoxy groups -OCH3 is 1. The fourth-order valence-electron chi connectivity index (χ4n) is 0.801. The molecule has 0 aromatic heterocycles. The summed E-state index contributed by atoms with van der Waals surface area (Å²) in [6.07, 6.45) is 1.88. The highest BCUT2D eigenvalue weighted by Gasteiger charge is 1.97. The van der Waals surface area contributed by atoms with Gasteiger partial charge in [0.1, 0.15) is 0 Å². The molecule has 1 N–H and O–H groups in total. The molecule has 0 aromatic carbocycles. The fraction of sp³-hybridized carbons (Fsp3) is 0.750. The van der Waals surface area contributed by atoms with Crippen molar-refractivity contribution in [3.8, 4) is 0 Å². The van der Waals surface area contributed by atoms with E-state index in [0.717, 1.165) is 19.7 Å². The molecule has 0 saturated carbocycles. The Morgan fingerprint density at radius 1 is 1.64 bits per heavy atom. The van der Waals surface area contributed by atoms with Gasteiger partial charge in [-0.15, -0.1) is 0 Å². The quantitative estimate of drug-likeness (QED) is 0.623. The van der Waals surface area contributed by atoms with E-state index in [4.69, 9.17) is 16.3 Å². The zero-order chi connectivity index (χ0) is 8.53. The van der Waals surface area contributed by atoms with E-state index in [1.807, 2.05) is 6.08 Å². The van der Waals surface area contributed by atoms with Crippen LogP contribution in [-0.2, 0) is 4.74 Å². The summed E-state index contributed by atoms with van der Waals surface area (Å²) < 4.78 is 4.98. The van der Waals surface area contributed by atoms with Gasteiger partial charge in [-0.3, -0.25) is 0 Å². The number of rotatable bonds is 6. The van der Waals surface area contributed by atoms with Crippen LogP contribution in [0.4, 0.5) is 0 Å². The van der Waals surface area contributed by atoms with Gasteiger partial charge in [-0.25, -0.2) is 0 Å². The molecule has 0 amide bonds. The summed E-state index contributed by atoms with van der Waals surface area (Å²) in [7, 11) is 1.72. The molecule has 0 aliphatic carbocycles. The van der Waals surface area contributed by atoms with E-state index in [0.29, 0.717) is 5.92 Å². The van der Waals surface area contributed by atoms with Crippen LogP contribution in [0, 0.1) is 5.92 Å². The molecule has 0 aliphatic heterocycles. The first-order valence-corrected chi connectivity index (χ1v) is 4.19. The van der Waals surface area contributed by atoms with Crippen LogP contribution in [0.5, 0.6) is 0 Å². The molecule has 0 fully saturated rings. The molecular weight excluding hydrogens is 162 g/mol. The lowest BCUT2D eigenvalue weighted by molar-refractivity contribution is 0.159. The first kappa shape index (κ1) is 11.0. The third-order valence-electron chi connectivity index (χ3n) is 1.30. The van der Waals surface area contributed by atoms with Gasteiger partial charge < -0.3 is 10.1 Å². The summed E-state index contributed by atoms with van der Waals surface area (Å²) in [6, 6.07) is 0. The van der Waals surface area contributed by atoms with Gasteiger partial charge in [0.2, 0.25) is 0 Å². The lowest BCUT2D eigenvalue weighted by atomic mass is 10.2. The molecule has 0 aromatic rings. The Morgan fingerprint density at radius 2 is 2.36 bits per heavy atom. The minimum Gasteiger partial charge on any atom is -0.384 e. The number of ether oxygens (including phenoxy) is 1. The average molecular weight is 178 g/mol. The van der Waals surface area contributed by atoms with E-state index < -0.39 is 0 Å².